The molecule has 0 fully saturated rings. The maximum absolute atomic E-state index is 11.3. The summed E-state index contributed by atoms with van der Waals surface area (Å²) in [6, 6.07) is 0. The first-order chi connectivity index (χ1) is 9.72. The number of hydrogen-bond acceptors (Lipinski definition) is 3. The van der Waals surface area contributed by atoms with E-state index in [-0.39, 0.29) is 10.8 Å². The van der Waals surface area contributed by atoms with Gasteiger partial charge in [0.1, 0.15) is 0 Å². The van der Waals surface area contributed by atoms with Gasteiger partial charge in [-0.05, 0) is 43.9 Å². The van der Waals surface area contributed by atoms with Crippen LogP contribution in [-0.4, -0.2) is 22.8 Å². The molecular formula is C18H36O4. The van der Waals surface area contributed by atoms with Crippen LogP contribution in [0.5, 0.6) is 0 Å². The highest BCUT2D eigenvalue weighted by molar-refractivity contribution is 5.72. The lowest BCUT2D eigenvalue weighted by Crippen LogP contribution is -2.34. The van der Waals surface area contributed by atoms with Crippen molar-refractivity contribution in [1.29, 1.82) is 0 Å². The van der Waals surface area contributed by atoms with Gasteiger partial charge < -0.3 is 5.11 Å². The molecule has 0 spiro atoms. The highest BCUT2D eigenvalue weighted by Crippen LogP contribution is 2.30. The van der Waals surface area contributed by atoms with Crippen LogP contribution in [0.25, 0.3) is 0 Å². The first-order valence-corrected chi connectivity index (χ1v) is 8.29. The Balaban J connectivity index is 4.28. The fourth-order valence-corrected chi connectivity index (χ4v) is 2.69. The Hall–Kier alpha value is -0.610. The van der Waals surface area contributed by atoms with E-state index in [1.54, 1.807) is 0 Å². The Labute approximate surface area is 136 Å². The van der Waals surface area contributed by atoms with Crippen molar-refractivity contribution in [2.24, 2.45) is 10.8 Å². The molecule has 0 bridgehead atoms. The second-order valence-corrected chi connectivity index (χ2v) is 9.31. The van der Waals surface area contributed by atoms with Crippen molar-refractivity contribution in [3.63, 3.8) is 0 Å². The minimum atomic E-state index is -0.956. The lowest BCUT2D eigenvalue weighted by atomic mass is 9.84. The number of aliphatic carboxylic acids is 1. The van der Waals surface area contributed by atoms with Crippen molar-refractivity contribution in [1.82, 2.24) is 0 Å². The molecule has 1 unspecified atom stereocenters. The van der Waals surface area contributed by atoms with Crippen LogP contribution in [-0.2, 0) is 14.6 Å². The molecule has 0 aromatic heterocycles. The summed E-state index contributed by atoms with van der Waals surface area (Å²) in [5.74, 6) is -0.956. The summed E-state index contributed by atoms with van der Waals surface area (Å²) < 4.78 is 0. The lowest BCUT2D eigenvalue weighted by molar-refractivity contribution is -0.376. The number of carboxylic acid groups (broad SMARTS) is 1. The second-order valence-electron chi connectivity index (χ2n) is 9.31. The third-order valence-electron chi connectivity index (χ3n) is 3.26. The van der Waals surface area contributed by atoms with Gasteiger partial charge in [0.2, 0.25) is 0 Å². The molecule has 4 nitrogen and oxygen atoms in total. The molecule has 0 aromatic carbocycles. The molecule has 0 aliphatic carbocycles. The summed E-state index contributed by atoms with van der Waals surface area (Å²) in [7, 11) is 0. The summed E-state index contributed by atoms with van der Waals surface area (Å²) >= 11 is 0. The van der Waals surface area contributed by atoms with E-state index in [1.807, 2.05) is 13.8 Å². The van der Waals surface area contributed by atoms with E-state index in [9.17, 15) is 9.90 Å². The molecule has 0 aliphatic heterocycles. The Morgan fingerprint density at radius 2 is 1.50 bits per heavy atom. The molecule has 0 rings (SSSR count). The number of rotatable bonds is 9. The molecule has 1 N–H and O–H groups in total. The predicted octanol–water partition coefficient (Wildman–Crippen LogP) is 5.21. The van der Waals surface area contributed by atoms with Crippen LogP contribution in [0.3, 0.4) is 0 Å². The minimum Gasteiger partial charge on any atom is -0.479 e. The average molecular weight is 316 g/mol. The third kappa shape index (κ3) is 12.0. The maximum Gasteiger partial charge on any atom is 0.336 e. The van der Waals surface area contributed by atoms with Gasteiger partial charge in [-0.1, -0.05) is 54.4 Å². The molecule has 0 aromatic rings. The van der Waals surface area contributed by atoms with Crippen molar-refractivity contribution in [2.75, 3.05) is 0 Å². The zero-order valence-electron chi connectivity index (χ0n) is 15.8. The topological polar surface area (TPSA) is 55.8 Å². The molecule has 0 saturated carbocycles. The molecule has 0 heterocycles. The standard InChI is InChI=1S/C18H36O4/c1-16(2,3)12-10-9-11-14(15(19)20)21-22-18(7,8)13-17(4,5)6/h14H,9-13H2,1-8H3,(H,19,20). The van der Waals surface area contributed by atoms with E-state index in [4.69, 9.17) is 9.78 Å². The van der Waals surface area contributed by atoms with Gasteiger partial charge in [0.15, 0.2) is 6.10 Å². The van der Waals surface area contributed by atoms with Gasteiger partial charge in [0.25, 0.3) is 0 Å². The fraction of sp³-hybridized carbons (Fsp3) is 0.944. The molecule has 0 aliphatic rings. The van der Waals surface area contributed by atoms with Gasteiger partial charge in [-0.15, -0.1) is 0 Å². The minimum absolute atomic E-state index is 0.0955. The quantitative estimate of drug-likeness (QED) is 0.360. The molecule has 4 heteroatoms. The average Bonchev–Trinajstić information content (AvgIpc) is 2.22. The highest BCUT2D eigenvalue weighted by atomic mass is 17.2. The van der Waals surface area contributed by atoms with E-state index in [2.05, 4.69) is 41.5 Å². The summed E-state index contributed by atoms with van der Waals surface area (Å²) in [6.07, 6.45) is 3.29. The highest BCUT2D eigenvalue weighted by Gasteiger charge is 2.30. The normalized spacial score (nSPS) is 14.9. The van der Waals surface area contributed by atoms with Crippen LogP contribution in [0.2, 0.25) is 0 Å². The van der Waals surface area contributed by atoms with Crippen molar-refractivity contribution in [3.05, 3.63) is 0 Å². The molecule has 0 saturated heterocycles. The van der Waals surface area contributed by atoms with Gasteiger partial charge in [0.05, 0.1) is 5.60 Å². The largest absolute Gasteiger partial charge is 0.479 e. The van der Waals surface area contributed by atoms with E-state index >= 15 is 0 Å². The van der Waals surface area contributed by atoms with Crippen LogP contribution in [0, 0.1) is 10.8 Å². The molecule has 22 heavy (non-hydrogen) atoms. The lowest BCUT2D eigenvalue weighted by Gasteiger charge is -2.31. The Kier molecular flexibility index (Phi) is 8.07. The van der Waals surface area contributed by atoms with E-state index in [1.165, 1.54) is 0 Å². The number of hydrogen-bond donors (Lipinski definition) is 1. The first kappa shape index (κ1) is 21.4. The monoisotopic (exact) mass is 316 g/mol. The number of unbranched alkanes of at least 4 members (excludes halogenated alkanes) is 1. The van der Waals surface area contributed by atoms with Crippen molar-refractivity contribution in [3.8, 4) is 0 Å². The SMILES string of the molecule is CC(C)(C)CCCCC(OOC(C)(C)CC(C)(C)C)C(=O)O. The van der Waals surface area contributed by atoms with Crippen molar-refractivity contribution >= 4 is 5.97 Å². The smallest absolute Gasteiger partial charge is 0.336 e. The predicted molar refractivity (Wildman–Crippen MR) is 89.7 cm³/mol. The third-order valence-corrected chi connectivity index (χ3v) is 3.26. The zero-order chi connectivity index (χ0) is 17.6. The molecular weight excluding hydrogens is 280 g/mol. The maximum atomic E-state index is 11.3. The molecule has 0 amide bonds. The van der Waals surface area contributed by atoms with Gasteiger partial charge in [-0.3, -0.25) is 0 Å². The Bertz CT molecular complexity index is 334. The number of carboxylic acids is 1. The van der Waals surface area contributed by atoms with Crippen LogP contribution in [0.1, 0.15) is 87.5 Å². The Morgan fingerprint density at radius 1 is 0.955 bits per heavy atom. The molecule has 1 atom stereocenters. The van der Waals surface area contributed by atoms with Gasteiger partial charge in [0, 0.05) is 0 Å². The van der Waals surface area contributed by atoms with Crippen LogP contribution in [0.15, 0.2) is 0 Å². The molecule has 0 radical (unpaired) electrons. The van der Waals surface area contributed by atoms with Gasteiger partial charge >= 0.3 is 5.97 Å². The van der Waals surface area contributed by atoms with Crippen molar-refractivity contribution in [2.45, 2.75) is 99.2 Å². The van der Waals surface area contributed by atoms with Crippen LogP contribution < -0.4 is 0 Å². The van der Waals surface area contributed by atoms with Crippen LogP contribution >= 0.6 is 0 Å². The number of carbonyl (C=O) groups is 1. The summed E-state index contributed by atoms with van der Waals surface area (Å²) in [6.45, 7) is 16.8. The zero-order valence-corrected chi connectivity index (χ0v) is 15.8. The van der Waals surface area contributed by atoms with Crippen LogP contribution in [0.4, 0.5) is 0 Å². The summed E-state index contributed by atoms with van der Waals surface area (Å²) in [4.78, 5) is 22.0. The second kappa shape index (κ2) is 8.30. The molecule has 132 valence electrons. The summed E-state index contributed by atoms with van der Waals surface area (Å²) in [5.41, 5.74) is -0.125. The van der Waals surface area contributed by atoms with E-state index in [0.717, 1.165) is 25.7 Å². The van der Waals surface area contributed by atoms with Crippen molar-refractivity contribution < 1.29 is 19.7 Å². The summed E-state index contributed by atoms with van der Waals surface area (Å²) in [5, 5.41) is 9.26. The van der Waals surface area contributed by atoms with E-state index < -0.39 is 17.7 Å². The van der Waals surface area contributed by atoms with E-state index in [0.29, 0.717) is 6.42 Å². The first-order valence-electron chi connectivity index (χ1n) is 8.29. The Morgan fingerprint density at radius 3 is 1.91 bits per heavy atom. The fourth-order valence-electron chi connectivity index (χ4n) is 2.69. The van der Waals surface area contributed by atoms with Gasteiger partial charge in [-0.25, -0.2) is 14.6 Å². The van der Waals surface area contributed by atoms with Gasteiger partial charge in [-0.2, -0.15) is 0 Å².